The number of alkyl halides is 3. The molecule has 4 heteroatoms. The number of benzene rings is 3. The van der Waals surface area contributed by atoms with Gasteiger partial charge in [0, 0.05) is 17.6 Å². The lowest BCUT2D eigenvalue weighted by Crippen LogP contribution is -2.21. The molecule has 0 amide bonds. The smallest absolute Gasteiger partial charge is 0.0474 e. The fraction of sp³-hybridized carbons (Fsp3) is 0.143. The van der Waals surface area contributed by atoms with E-state index in [1.54, 1.807) is 0 Å². The van der Waals surface area contributed by atoms with Crippen LogP contribution < -0.4 is 15.9 Å². The van der Waals surface area contributed by atoms with E-state index in [0.717, 1.165) is 16.7 Å². The monoisotopic (exact) mass is 406 g/mol. The van der Waals surface area contributed by atoms with Crippen LogP contribution in [0.15, 0.2) is 72.8 Å². The van der Waals surface area contributed by atoms with Crippen LogP contribution in [-0.2, 0) is 17.6 Å². The highest BCUT2D eigenvalue weighted by atomic mass is 35.5. The van der Waals surface area contributed by atoms with Crippen molar-refractivity contribution >= 4 is 58.6 Å². The zero-order valence-corrected chi connectivity index (χ0v) is 16.8. The van der Waals surface area contributed by atoms with Crippen molar-refractivity contribution in [2.45, 2.75) is 17.6 Å². The van der Waals surface area contributed by atoms with E-state index in [-0.39, 0.29) is 0 Å². The zero-order valence-electron chi connectivity index (χ0n) is 13.6. The fourth-order valence-electron chi connectivity index (χ4n) is 2.78. The molecule has 0 aliphatic heterocycles. The quantitative estimate of drug-likeness (QED) is 0.365. The van der Waals surface area contributed by atoms with Crippen LogP contribution >= 0.6 is 42.7 Å². The Labute approximate surface area is 165 Å². The summed E-state index contributed by atoms with van der Waals surface area (Å²) in [5, 5.41) is 3.85. The number of rotatable bonds is 6. The third-order valence-electron chi connectivity index (χ3n) is 3.97. The van der Waals surface area contributed by atoms with E-state index in [1.165, 1.54) is 15.9 Å². The highest BCUT2D eigenvalue weighted by Gasteiger charge is 2.17. The lowest BCUT2D eigenvalue weighted by molar-refractivity contribution is 1.41. The lowest BCUT2D eigenvalue weighted by Gasteiger charge is -2.21. The molecule has 25 heavy (non-hydrogen) atoms. The van der Waals surface area contributed by atoms with Gasteiger partial charge in [-0.25, -0.2) is 0 Å². The van der Waals surface area contributed by atoms with Gasteiger partial charge in [0.1, 0.15) is 0 Å². The fourth-order valence-corrected chi connectivity index (χ4v) is 5.77. The summed E-state index contributed by atoms with van der Waals surface area (Å²) in [4.78, 5) is 0. The van der Waals surface area contributed by atoms with Crippen molar-refractivity contribution in [3.8, 4) is 0 Å². The molecule has 0 heterocycles. The zero-order chi connectivity index (χ0) is 17.6. The van der Waals surface area contributed by atoms with E-state index in [4.69, 9.17) is 34.8 Å². The first-order chi connectivity index (χ1) is 12.2. The highest BCUT2D eigenvalue weighted by molar-refractivity contribution is 7.79. The predicted molar refractivity (Wildman–Crippen MR) is 114 cm³/mol. The van der Waals surface area contributed by atoms with Crippen LogP contribution in [0.5, 0.6) is 0 Å². The molecule has 0 unspecified atom stereocenters. The van der Waals surface area contributed by atoms with E-state index in [9.17, 15) is 0 Å². The summed E-state index contributed by atoms with van der Waals surface area (Å²) < 4.78 is 0. The first-order valence-corrected chi connectivity index (χ1v) is 10.9. The van der Waals surface area contributed by atoms with E-state index in [0.29, 0.717) is 17.6 Å². The van der Waals surface area contributed by atoms with Crippen LogP contribution in [0.1, 0.15) is 16.7 Å². The van der Waals surface area contributed by atoms with E-state index < -0.39 is 7.92 Å². The van der Waals surface area contributed by atoms with Gasteiger partial charge in [0.05, 0.1) is 0 Å². The van der Waals surface area contributed by atoms with Crippen molar-refractivity contribution in [2.24, 2.45) is 0 Å². The topological polar surface area (TPSA) is 0 Å². The van der Waals surface area contributed by atoms with Gasteiger partial charge in [-0.3, -0.25) is 0 Å². The third kappa shape index (κ3) is 4.57. The Morgan fingerprint density at radius 1 is 0.520 bits per heavy atom. The Balaban J connectivity index is 2.16. The minimum atomic E-state index is -0.688. The maximum Gasteiger partial charge on any atom is 0.0474 e. The van der Waals surface area contributed by atoms with E-state index in [2.05, 4.69) is 72.8 Å². The van der Waals surface area contributed by atoms with Crippen molar-refractivity contribution in [1.29, 1.82) is 0 Å². The summed E-state index contributed by atoms with van der Waals surface area (Å²) in [5.41, 5.74) is 3.40. The molecule has 0 atom stereocenters. The van der Waals surface area contributed by atoms with Gasteiger partial charge < -0.3 is 0 Å². The molecule has 0 spiro atoms. The Hall–Kier alpha value is -1.04. The summed E-state index contributed by atoms with van der Waals surface area (Å²) in [5.74, 6) is 1.54. The third-order valence-corrected chi connectivity index (χ3v) is 7.28. The second-order valence-corrected chi connectivity index (χ2v) is 8.77. The van der Waals surface area contributed by atoms with Crippen molar-refractivity contribution in [2.75, 3.05) is 0 Å². The van der Waals surface area contributed by atoms with Crippen molar-refractivity contribution in [3.05, 3.63) is 89.5 Å². The molecule has 0 nitrogen and oxygen atoms in total. The van der Waals surface area contributed by atoms with Crippen LogP contribution in [0.2, 0.25) is 0 Å². The van der Waals surface area contributed by atoms with Gasteiger partial charge in [-0.15, -0.1) is 34.8 Å². The summed E-state index contributed by atoms with van der Waals surface area (Å²) >= 11 is 18.2. The first kappa shape index (κ1) is 18.7. The lowest BCUT2D eigenvalue weighted by atomic mass is 10.2. The molecule has 0 aliphatic rings. The van der Waals surface area contributed by atoms with Crippen molar-refractivity contribution < 1.29 is 0 Å². The summed E-state index contributed by atoms with van der Waals surface area (Å²) in [7, 11) is -0.688. The van der Waals surface area contributed by atoms with Gasteiger partial charge in [-0.05, 0) is 58.7 Å². The Bertz CT molecular complexity index is 735. The average Bonchev–Trinajstić information content (AvgIpc) is 2.68. The van der Waals surface area contributed by atoms with Gasteiger partial charge in [-0.2, -0.15) is 0 Å². The predicted octanol–water partition coefficient (Wildman–Crippen LogP) is 5.66. The summed E-state index contributed by atoms with van der Waals surface area (Å²) in [6, 6.07) is 25.6. The molecule has 3 aromatic rings. The van der Waals surface area contributed by atoms with Crippen LogP contribution in [0, 0.1) is 0 Å². The molecule has 0 fully saturated rings. The minimum Gasteiger partial charge on any atom is -0.122 e. The second kappa shape index (κ2) is 9.06. The maximum atomic E-state index is 6.06. The second-order valence-electron chi connectivity index (χ2n) is 5.75. The Morgan fingerprint density at radius 3 is 1.12 bits per heavy atom. The van der Waals surface area contributed by atoms with Crippen LogP contribution in [-0.4, -0.2) is 0 Å². The molecule has 0 bridgehead atoms. The molecule has 3 rings (SSSR count). The Kier molecular flexibility index (Phi) is 6.79. The number of hydrogen-bond acceptors (Lipinski definition) is 0. The standard InChI is InChI=1S/C21H18Cl3P/c22-13-16-4-1-7-19(10-16)25(20-8-2-5-17(11-20)14-23)21-9-3-6-18(12-21)15-24/h1-12H,13-15H2. The summed E-state index contributed by atoms with van der Waals surface area (Å²) in [6.45, 7) is 0. The first-order valence-electron chi connectivity index (χ1n) is 8.00. The highest BCUT2D eigenvalue weighted by Crippen LogP contribution is 2.34. The summed E-state index contributed by atoms with van der Waals surface area (Å²) in [6.07, 6.45) is 0. The van der Waals surface area contributed by atoms with Gasteiger partial charge >= 0.3 is 0 Å². The SMILES string of the molecule is ClCc1cccc(P(c2cccc(CCl)c2)c2cccc(CCl)c2)c1. The number of hydrogen-bond donors (Lipinski definition) is 0. The Morgan fingerprint density at radius 2 is 0.840 bits per heavy atom. The maximum absolute atomic E-state index is 6.06. The van der Waals surface area contributed by atoms with Gasteiger partial charge in [-0.1, -0.05) is 54.6 Å². The molecular formula is C21H18Cl3P. The number of halogens is 3. The molecule has 0 saturated heterocycles. The molecule has 3 aromatic carbocycles. The average molecular weight is 408 g/mol. The molecule has 0 aromatic heterocycles. The largest absolute Gasteiger partial charge is 0.122 e. The van der Waals surface area contributed by atoms with Crippen molar-refractivity contribution in [3.63, 3.8) is 0 Å². The van der Waals surface area contributed by atoms with Gasteiger partial charge in [0.25, 0.3) is 0 Å². The molecular weight excluding hydrogens is 390 g/mol. The minimum absolute atomic E-state index is 0.514. The molecule has 128 valence electrons. The van der Waals surface area contributed by atoms with Gasteiger partial charge in [0.15, 0.2) is 0 Å². The van der Waals surface area contributed by atoms with Crippen LogP contribution in [0.25, 0.3) is 0 Å². The normalized spacial score (nSPS) is 11.0. The van der Waals surface area contributed by atoms with Crippen LogP contribution in [0.3, 0.4) is 0 Å². The molecule has 0 N–H and O–H groups in total. The molecule has 0 aliphatic carbocycles. The molecule has 0 saturated carbocycles. The molecule has 0 radical (unpaired) electrons. The van der Waals surface area contributed by atoms with E-state index in [1.807, 2.05) is 0 Å². The van der Waals surface area contributed by atoms with Crippen LogP contribution in [0.4, 0.5) is 0 Å². The van der Waals surface area contributed by atoms with Crippen molar-refractivity contribution in [1.82, 2.24) is 0 Å². The van der Waals surface area contributed by atoms with E-state index >= 15 is 0 Å². The van der Waals surface area contributed by atoms with Gasteiger partial charge in [0.2, 0.25) is 0 Å².